The number of hydrogen-bond donors (Lipinski definition) is 0. The minimum Gasteiger partial charge on any atom is -0.347 e. The number of hydrogen-bond acceptors (Lipinski definition) is 4. The smallest absolute Gasteiger partial charge is 0.241 e. The molecule has 3 atom stereocenters. The van der Waals surface area contributed by atoms with Gasteiger partial charge in [0.15, 0.2) is 5.82 Å². The van der Waals surface area contributed by atoms with E-state index < -0.39 is 5.54 Å². The van der Waals surface area contributed by atoms with Crippen molar-refractivity contribution in [3.8, 4) is 5.82 Å². The number of likely N-dealkylation sites (N-methyl/N-ethyl adjacent to an activating group) is 1. The molecule has 0 N–H and O–H groups in total. The summed E-state index contributed by atoms with van der Waals surface area (Å²) in [6.07, 6.45) is 5.61. The molecule has 1 saturated heterocycles. The lowest BCUT2D eigenvalue weighted by molar-refractivity contribution is -0.132. The predicted molar refractivity (Wildman–Crippen MR) is 110 cm³/mol. The summed E-state index contributed by atoms with van der Waals surface area (Å²) < 4.78 is 2.12. The van der Waals surface area contributed by atoms with Gasteiger partial charge in [0.05, 0.1) is 17.9 Å². The number of fused-ring (bicyclic) bond motifs is 4. The van der Waals surface area contributed by atoms with Gasteiger partial charge in [0.2, 0.25) is 11.8 Å². The summed E-state index contributed by atoms with van der Waals surface area (Å²) in [5.41, 5.74) is 1.63. The van der Waals surface area contributed by atoms with Crippen LogP contribution in [0.4, 0.5) is 5.69 Å². The van der Waals surface area contributed by atoms with E-state index in [0.29, 0.717) is 12.5 Å². The molecule has 2 aromatic heterocycles. The maximum atomic E-state index is 13.0. The molecule has 2 aromatic rings. The summed E-state index contributed by atoms with van der Waals surface area (Å²) in [6, 6.07) is 8.08. The molecule has 0 radical (unpaired) electrons. The van der Waals surface area contributed by atoms with Crippen molar-refractivity contribution in [2.45, 2.75) is 25.3 Å². The zero-order valence-corrected chi connectivity index (χ0v) is 17.2. The van der Waals surface area contributed by atoms with Gasteiger partial charge in [0.25, 0.3) is 0 Å². The summed E-state index contributed by atoms with van der Waals surface area (Å²) in [5.74, 6) is 1.81. The second-order valence-electron chi connectivity index (χ2n) is 8.84. The Morgan fingerprint density at radius 1 is 1.28 bits per heavy atom. The maximum absolute atomic E-state index is 13.0. The number of anilines is 1. The van der Waals surface area contributed by atoms with E-state index in [1.807, 2.05) is 29.3 Å². The molecule has 7 nitrogen and oxygen atoms in total. The highest BCUT2D eigenvalue weighted by Gasteiger charge is 2.53. The van der Waals surface area contributed by atoms with E-state index in [4.69, 9.17) is 0 Å². The summed E-state index contributed by atoms with van der Waals surface area (Å²) >= 11 is 0. The van der Waals surface area contributed by atoms with Gasteiger partial charge in [-0.1, -0.05) is 6.92 Å². The third-order valence-electron chi connectivity index (χ3n) is 6.81. The standard InChI is InChI=1S/C22H27N5O2/c1-15-12-16(15)21(29)25-11-8-22(14-25)18-7-5-10-26(18)20-17(6-4-9-23-20)27(22)13-19(28)24(2)3/h4-7,9-10,15-16H,8,11-14H2,1-3H3. The number of likely N-dealkylation sites (tertiary alicyclic amines) is 1. The van der Waals surface area contributed by atoms with Gasteiger partial charge in [-0.3, -0.25) is 9.59 Å². The van der Waals surface area contributed by atoms with Crippen LogP contribution in [0.1, 0.15) is 25.5 Å². The van der Waals surface area contributed by atoms with E-state index in [-0.39, 0.29) is 24.3 Å². The van der Waals surface area contributed by atoms with Gasteiger partial charge in [0, 0.05) is 45.5 Å². The molecule has 5 rings (SSSR count). The Labute approximate surface area is 170 Å². The zero-order chi connectivity index (χ0) is 20.3. The Morgan fingerprint density at radius 3 is 2.79 bits per heavy atom. The molecule has 1 spiro atoms. The third-order valence-corrected chi connectivity index (χ3v) is 6.81. The lowest BCUT2D eigenvalue weighted by Gasteiger charge is -2.47. The van der Waals surface area contributed by atoms with E-state index in [9.17, 15) is 9.59 Å². The normalized spacial score (nSPS) is 27.0. The molecule has 0 aromatic carbocycles. The van der Waals surface area contributed by atoms with Crippen LogP contribution >= 0.6 is 0 Å². The van der Waals surface area contributed by atoms with Gasteiger partial charge in [-0.15, -0.1) is 0 Å². The van der Waals surface area contributed by atoms with Crippen molar-refractivity contribution < 1.29 is 9.59 Å². The first-order valence-corrected chi connectivity index (χ1v) is 10.3. The quantitative estimate of drug-likeness (QED) is 0.799. The predicted octanol–water partition coefficient (Wildman–Crippen LogP) is 1.86. The topological polar surface area (TPSA) is 61.7 Å². The molecule has 2 aliphatic heterocycles. The number of pyridine rings is 1. The zero-order valence-electron chi connectivity index (χ0n) is 17.2. The number of aromatic nitrogens is 2. The van der Waals surface area contributed by atoms with E-state index in [0.717, 1.165) is 36.6 Å². The van der Waals surface area contributed by atoms with Crippen LogP contribution in [0.2, 0.25) is 0 Å². The Kier molecular flexibility index (Phi) is 3.98. The van der Waals surface area contributed by atoms with E-state index >= 15 is 0 Å². The van der Waals surface area contributed by atoms with Crippen LogP contribution in [0.5, 0.6) is 0 Å². The molecular weight excluding hydrogens is 366 g/mol. The van der Waals surface area contributed by atoms with Crippen LogP contribution < -0.4 is 4.90 Å². The van der Waals surface area contributed by atoms with E-state index in [2.05, 4.69) is 27.4 Å². The SMILES string of the molecule is CC1CC1C(=O)N1CCC2(C1)c1cccn1-c1ncccc1N2CC(=O)N(C)C. The van der Waals surface area contributed by atoms with Crippen molar-refractivity contribution in [1.29, 1.82) is 0 Å². The number of nitrogens with zero attached hydrogens (tertiary/aromatic N) is 5. The summed E-state index contributed by atoms with van der Waals surface area (Å²) in [5, 5.41) is 0. The highest BCUT2D eigenvalue weighted by molar-refractivity contribution is 5.85. The average Bonchev–Trinajstić information content (AvgIpc) is 3.12. The molecule has 4 heterocycles. The molecular formula is C22H27N5O2. The fourth-order valence-corrected chi connectivity index (χ4v) is 4.92. The lowest BCUT2D eigenvalue weighted by atomic mass is 9.88. The minimum atomic E-state index is -0.418. The maximum Gasteiger partial charge on any atom is 0.241 e. The highest BCUT2D eigenvalue weighted by Crippen LogP contribution is 2.48. The molecule has 152 valence electrons. The minimum absolute atomic E-state index is 0.0415. The number of amides is 2. The summed E-state index contributed by atoms with van der Waals surface area (Å²) in [4.78, 5) is 36.2. The van der Waals surface area contributed by atoms with Crippen molar-refractivity contribution in [3.63, 3.8) is 0 Å². The van der Waals surface area contributed by atoms with Gasteiger partial charge < -0.3 is 19.3 Å². The molecule has 3 unspecified atom stereocenters. The summed E-state index contributed by atoms with van der Waals surface area (Å²) in [7, 11) is 3.57. The van der Waals surface area contributed by atoms with E-state index in [1.54, 1.807) is 25.2 Å². The Morgan fingerprint density at radius 2 is 2.07 bits per heavy atom. The molecule has 1 aliphatic carbocycles. The van der Waals surface area contributed by atoms with Gasteiger partial charge in [0.1, 0.15) is 5.54 Å². The average molecular weight is 393 g/mol. The molecule has 0 bridgehead atoms. The molecule has 7 heteroatoms. The fourth-order valence-electron chi connectivity index (χ4n) is 4.92. The first kappa shape index (κ1) is 18.2. The molecule has 2 amide bonds. The Hall–Kier alpha value is -2.83. The van der Waals surface area contributed by atoms with Crippen LogP contribution in [0.25, 0.3) is 5.82 Å². The Bertz CT molecular complexity index is 983. The van der Waals surface area contributed by atoms with Gasteiger partial charge >= 0.3 is 0 Å². The van der Waals surface area contributed by atoms with E-state index in [1.165, 1.54) is 0 Å². The first-order chi connectivity index (χ1) is 13.9. The molecule has 1 saturated carbocycles. The number of rotatable bonds is 3. The largest absolute Gasteiger partial charge is 0.347 e. The third kappa shape index (κ3) is 2.67. The second kappa shape index (κ2) is 6.34. The molecule has 3 aliphatic rings. The van der Waals surface area contributed by atoms with Crippen LogP contribution in [-0.2, 0) is 15.1 Å². The van der Waals surface area contributed by atoms with Gasteiger partial charge in [-0.05, 0) is 43.0 Å². The van der Waals surface area contributed by atoms with Crippen molar-refractivity contribution in [1.82, 2.24) is 19.4 Å². The van der Waals surface area contributed by atoms with Crippen LogP contribution in [0, 0.1) is 11.8 Å². The second-order valence-corrected chi connectivity index (χ2v) is 8.84. The van der Waals surface area contributed by atoms with Gasteiger partial charge in [-0.2, -0.15) is 0 Å². The molecule has 2 fully saturated rings. The fraction of sp³-hybridized carbons (Fsp3) is 0.500. The first-order valence-electron chi connectivity index (χ1n) is 10.3. The Balaban J connectivity index is 1.59. The number of carbonyl (C=O) groups is 2. The van der Waals surface area contributed by atoms with Crippen molar-refractivity contribution in [2.24, 2.45) is 11.8 Å². The van der Waals surface area contributed by atoms with Crippen molar-refractivity contribution >= 4 is 17.5 Å². The van der Waals surface area contributed by atoms with Crippen molar-refractivity contribution in [3.05, 3.63) is 42.4 Å². The number of carbonyl (C=O) groups excluding carboxylic acids is 2. The van der Waals surface area contributed by atoms with Crippen LogP contribution in [0.3, 0.4) is 0 Å². The van der Waals surface area contributed by atoms with Crippen LogP contribution in [-0.4, -0.2) is 64.9 Å². The highest BCUT2D eigenvalue weighted by atomic mass is 16.2. The lowest BCUT2D eigenvalue weighted by Crippen LogP contribution is -2.55. The van der Waals surface area contributed by atoms with Crippen molar-refractivity contribution in [2.75, 3.05) is 38.6 Å². The summed E-state index contributed by atoms with van der Waals surface area (Å²) in [6.45, 7) is 3.73. The molecule has 29 heavy (non-hydrogen) atoms. The van der Waals surface area contributed by atoms with Gasteiger partial charge in [-0.25, -0.2) is 4.98 Å². The van der Waals surface area contributed by atoms with Crippen LogP contribution in [0.15, 0.2) is 36.7 Å². The monoisotopic (exact) mass is 393 g/mol.